The van der Waals surface area contributed by atoms with E-state index < -0.39 is 10.0 Å². The van der Waals surface area contributed by atoms with Gasteiger partial charge in [-0.3, -0.25) is 0 Å². The molecule has 0 aliphatic rings. The summed E-state index contributed by atoms with van der Waals surface area (Å²) in [6.07, 6.45) is 3.79. The van der Waals surface area contributed by atoms with Gasteiger partial charge in [0, 0.05) is 17.4 Å². The fourth-order valence-corrected chi connectivity index (χ4v) is 4.19. The van der Waals surface area contributed by atoms with Gasteiger partial charge in [0.05, 0.1) is 12.8 Å². The molecule has 7 heteroatoms. The first-order chi connectivity index (χ1) is 9.84. The Labute approximate surface area is 131 Å². The van der Waals surface area contributed by atoms with Gasteiger partial charge in [0.2, 0.25) is 10.0 Å². The van der Waals surface area contributed by atoms with Crippen LogP contribution < -0.4 is 15.2 Å². The molecule has 0 amide bonds. The summed E-state index contributed by atoms with van der Waals surface area (Å²) in [6, 6.07) is 4.57. The van der Waals surface area contributed by atoms with Crippen LogP contribution in [0.25, 0.3) is 0 Å². The molecule has 0 radical (unpaired) electrons. The molecule has 1 aromatic rings. The standard InChI is InChI=1S/C14H24N2O3S2/c1-5-14(6-2,20-4)10-16-21(17,18)13-8-7-11(19-3)9-12(13)15/h7-9,16H,5-6,10,15H2,1-4H3. The summed E-state index contributed by atoms with van der Waals surface area (Å²) in [6.45, 7) is 4.51. The van der Waals surface area contributed by atoms with Crippen molar-refractivity contribution in [3.63, 3.8) is 0 Å². The molecule has 0 atom stereocenters. The smallest absolute Gasteiger partial charge is 0.242 e. The molecule has 0 saturated carbocycles. The number of nitrogen functional groups attached to an aromatic ring is 1. The van der Waals surface area contributed by atoms with E-state index in [4.69, 9.17) is 10.5 Å². The quantitative estimate of drug-likeness (QED) is 0.715. The van der Waals surface area contributed by atoms with E-state index in [1.807, 2.05) is 6.26 Å². The number of rotatable bonds is 8. The summed E-state index contributed by atoms with van der Waals surface area (Å²) in [5.41, 5.74) is 6.00. The second-order valence-corrected chi connectivity index (χ2v) is 7.83. The molecule has 0 aliphatic carbocycles. The number of hydrogen-bond donors (Lipinski definition) is 2. The SMILES string of the molecule is CCC(CC)(CNS(=O)(=O)c1ccc(OC)cc1N)SC. The van der Waals surface area contributed by atoms with Crippen LogP contribution in [-0.2, 0) is 10.0 Å². The first kappa shape index (κ1) is 18.1. The Morgan fingerprint density at radius 3 is 2.38 bits per heavy atom. The van der Waals surface area contributed by atoms with Gasteiger partial charge in [-0.05, 0) is 31.2 Å². The molecule has 0 fully saturated rings. The minimum absolute atomic E-state index is 0.0884. The van der Waals surface area contributed by atoms with Crippen LogP contribution in [0.3, 0.4) is 0 Å². The summed E-state index contributed by atoms with van der Waals surface area (Å²) in [5, 5.41) is 0. The van der Waals surface area contributed by atoms with E-state index in [0.29, 0.717) is 12.3 Å². The summed E-state index contributed by atoms with van der Waals surface area (Å²) >= 11 is 1.69. The van der Waals surface area contributed by atoms with Gasteiger partial charge in [0.1, 0.15) is 10.6 Å². The van der Waals surface area contributed by atoms with Gasteiger partial charge in [-0.2, -0.15) is 11.8 Å². The van der Waals surface area contributed by atoms with Gasteiger partial charge in [-0.1, -0.05) is 13.8 Å². The lowest BCUT2D eigenvalue weighted by molar-refractivity contribution is 0.414. The first-order valence-corrected chi connectivity index (χ1v) is 9.53. The molecule has 0 bridgehead atoms. The predicted molar refractivity (Wildman–Crippen MR) is 89.4 cm³/mol. The molecule has 0 aromatic heterocycles. The van der Waals surface area contributed by atoms with Crippen molar-refractivity contribution in [2.45, 2.75) is 36.3 Å². The van der Waals surface area contributed by atoms with Crippen LogP contribution in [0.4, 0.5) is 5.69 Å². The molecule has 1 aromatic carbocycles. The molecule has 5 nitrogen and oxygen atoms in total. The Kier molecular flexibility index (Phi) is 6.37. The van der Waals surface area contributed by atoms with Crippen LogP contribution in [0.2, 0.25) is 0 Å². The number of methoxy groups -OCH3 is 1. The van der Waals surface area contributed by atoms with E-state index >= 15 is 0 Å². The lowest BCUT2D eigenvalue weighted by Crippen LogP contribution is -2.39. The molecule has 0 aliphatic heterocycles. The lowest BCUT2D eigenvalue weighted by atomic mass is 10.0. The molecule has 0 heterocycles. The highest BCUT2D eigenvalue weighted by molar-refractivity contribution is 8.00. The number of nitrogens with two attached hydrogens (primary N) is 1. The van der Waals surface area contributed by atoms with Gasteiger partial charge < -0.3 is 10.5 Å². The summed E-state index contributed by atoms with van der Waals surface area (Å²) in [7, 11) is -2.11. The number of sulfonamides is 1. The number of nitrogens with one attached hydrogen (secondary N) is 1. The van der Waals surface area contributed by atoms with E-state index in [2.05, 4.69) is 18.6 Å². The Morgan fingerprint density at radius 1 is 1.33 bits per heavy atom. The maximum Gasteiger partial charge on any atom is 0.242 e. The average molecular weight is 332 g/mol. The molecule has 0 saturated heterocycles. The van der Waals surface area contributed by atoms with E-state index in [9.17, 15) is 8.42 Å². The van der Waals surface area contributed by atoms with Crippen molar-refractivity contribution in [1.82, 2.24) is 4.72 Å². The van der Waals surface area contributed by atoms with Gasteiger partial charge in [0.15, 0.2) is 0 Å². The number of hydrogen-bond acceptors (Lipinski definition) is 5. The zero-order valence-corrected chi connectivity index (χ0v) is 14.6. The fourth-order valence-electron chi connectivity index (χ4n) is 2.06. The molecule has 0 unspecified atom stereocenters. The van der Waals surface area contributed by atoms with Crippen molar-refractivity contribution in [3.05, 3.63) is 18.2 Å². The van der Waals surface area contributed by atoms with Crippen molar-refractivity contribution in [1.29, 1.82) is 0 Å². The molecule has 120 valence electrons. The van der Waals surface area contributed by atoms with Gasteiger partial charge in [0.25, 0.3) is 0 Å². The number of thioether (sulfide) groups is 1. The maximum atomic E-state index is 12.4. The topological polar surface area (TPSA) is 81.4 Å². The van der Waals surface area contributed by atoms with Gasteiger partial charge >= 0.3 is 0 Å². The zero-order chi connectivity index (χ0) is 16.1. The Morgan fingerprint density at radius 2 is 1.95 bits per heavy atom. The van der Waals surface area contributed by atoms with Crippen LogP contribution >= 0.6 is 11.8 Å². The van der Waals surface area contributed by atoms with E-state index in [-0.39, 0.29) is 15.3 Å². The minimum atomic E-state index is -3.62. The average Bonchev–Trinajstić information content (AvgIpc) is 2.48. The highest BCUT2D eigenvalue weighted by Gasteiger charge is 2.28. The van der Waals surface area contributed by atoms with Crippen LogP contribution in [0.15, 0.2) is 23.1 Å². The zero-order valence-electron chi connectivity index (χ0n) is 13.0. The van der Waals surface area contributed by atoms with E-state index in [1.165, 1.54) is 19.2 Å². The van der Waals surface area contributed by atoms with Crippen LogP contribution in [0, 0.1) is 0 Å². The predicted octanol–water partition coefficient (Wildman–Crippen LogP) is 2.48. The molecule has 0 spiro atoms. The second kappa shape index (κ2) is 7.38. The second-order valence-electron chi connectivity index (χ2n) is 4.82. The highest BCUT2D eigenvalue weighted by Crippen LogP contribution is 2.30. The van der Waals surface area contributed by atoms with Gasteiger partial charge in [-0.15, -0.1) is 0 Å². The number of anilines is 1. The summed E-state index contributed by atoms with van der Waals surface area (Å²) in [4.78, 5) is 0.0884. The Hall–Kier alpha value is -0.920. The third-order valence-corrected chi connectivity index (χ3v) is 6.88. The van der Waals surface area contributed by atoms with Crippen LogP contribution in [-0.4, -0.2) is 33.1 Å². The van der Waals surface area contributed by atoms with Crippen LogP contribution in [0.5, 0.6) is 5.75 Å². The fraction of sp³-hybridized carbons (Fsp3) is 0.571. The third kappa shape index (κ3) is 4.28. The van der Waals surface area contributed by atoms with E-state index in [1.54, 1.807) is 17.8 Å². The molecular weight excluding hydrogens is 308 g/mol. The molecular formula is C14H24N2O3S2. The maximum absolute atomic E-state index is 12.4. The number of ether oxygens (including phenoxy) is 1. The molecule has 1 rings (SSSR count). The molecule has 3 N–H and O–H groups in total. The third-order valence-electron chi connectivity index (χ3n) is 3.81. The van der Waals surface area contributed by atoms with Crippen LogP contribution in [0.1, 0.15) is 26.7 Å². The molecule has 21 heavy (non-hydrogen) atoms. The Balaban J connectivity index is 2.97. The van der Waals surface area contributed by atoms with Crippen molar-refractivity contribution in [2.75, 3.05) is 25.6 Å². The first-order valence-electron chi connectivity index (χ1n) is 6.82. The summed E-state index contributed by atoms with van der Waals surface area (Å²) < 4.78 is 32.4. The minimum Gasteiger partial charge on any atom is -0.497 e. The van der Waals surface area contributed by atoms with Crippen molar-refractivity contribution >= 4 is 27.5 Å². The monoisotopic (exact) mass is 332 g/mol. The number of benzene rings is 1. The normalized spacial score (nSPS) is 12.4. The van der Waals surface area contributed by atoms with Crippen molar-refractivity contribution in [3.8, 4) is 5.75 Å². The van der Waals surface area contributed by atoms with Crippen molar-refractivity contribution < 1.29 is 13.2 Å². The largest absolute Gasteiger partial charge is 0.497 e. The lowest BCUT2D eigenvalue weighted by Gasteiger charge is -2.29. The summed E-state index contributed by atoms with van der Waals surface area (Å²) in [5.74, 6) is 0.534. The van der Waals surface area contributed by atoms with Gasteiger partial charge in [-0.25, -0.2) is 13.1 Å². The van der Waals surface area contributed by atoms with Crippen molar-refractivity contribution in [2.24, 2.45) is 0 Å². The van der Waals surface area contributed by atoms with E-state index in [0.717, 1.165) is 12.8 Å². The Bertz CT molecular complexity index is 561. The highest BCUT2D eigenvalue weighted by atomic mass is 32.2.